The van der Waals surface area contributed by atoms with Crippen molar-refractivity contribution >= 4 is 51.2 Å². The van der Waals surface area contributed by atoms with Crippen molar-refractivity contribution < 1.29 is 9.90 Å². The first kappa shape index (κ1) is 16.3. The number of hydrogen-bond donors (Lipinski definition) is 2. The molecule has 25 heavy (non-hydrogen) atoms. The number of fused-ring (bicyclic) bond motifs is 1. The monoisotopic (exact) mass is 384 g/mol. The van der Waals surface area contributed by atoms with Gasteiger partial charge in [-0.15, -0.1) is 0 Å². The normalized spacial score (nSPS) is 11.0. The van der Waals surface area contributed by atoms with Gasteiger partial charge in [-0.05, 0) is 24.3 Å². The molecule has 2 N–H and O–H groups in total. The summed E-state index contributed by atoms with van der Waals surface area (Å²) in [7, 11) is 0. The Morgan fingerprint density at radius 1 is 0.960 bits per heavy atom. The molecule has 0 saturated heterocycles. The SMILES string of the molecule is O=C(O)c1[nH]c2sc(Sc3ccccc3)nc2c1Sc1ccccc1. The number of H-pyrrole nitrogens is 1. The van der Waals surface area contributed by atoms with Gasteiger partial charge in [-0.1, -0.05) is 71.3 Å². The number of thiazole rings is 1. The highest BCUT2D eigenvalue weighted by atomic mass is 32.2. The summed E-state index contributed by atoms with van der Waals surface area (Å²) in [4.78, 5) is 22.8. The molecule has 4 aromatic rings. The molecule has 2 heterocycles. The van der Waals surface area contributed by atoms with Gasteiger partial charge < -0.3 is 10.1 Å². The fourth-order valence-corrected chi connectivity index (χ4v) is 5.44. The molecule has 0 fully saturated rings. The third-order valence-corrected chi connectivity index (χ3v) is 6.56. The lowest BCUT2D eigenvalue weighted by molar-refractivity contribution is 0.0688. The van der Waals surface area contributed by atoms with Crippen molar-refractivity contribution in [1.82, 2.24) is 9.97 Å². The van der Waals surface area contributed by atoms with Crippen LogP contribution in [0.25, 0.3) is 10.3 Å². The van der Waals surface area contributed by atoms with Gasteiger partial charge in [-0.2, -0.15) is 0 Å². The molecular weight excluding hydrogens is 372 g/mol. The average molecular weight is 385 g/mol. The number of benzene rings is 2. The number of nitrogens with zero attached hydrogens (tertiary/aromatic N) is 1. The Balaban J connectivity index is 1.73. The van der Waals surface area contributed by atoms with E-state index in [0.717, 1.165) is 24.5 Å². The maximum atomic E-state index is 11.6. The summed E-state index contributed by atoms with van der Waals surface area (Å²) in [5.74, 6) is -0.971. The van der Waals surface area contributed by atoms with Crippen molar-refractivity contribution in [1.29, 1.82) is 0 Å². The van der Waals surface area contributed by atoms with Gasteiger partial charge in [-0.25, -0.2) is 9.78 Å². The topological polar surface area (TPSA) is 66.0 Å². The zero-order valence-corrected chi connectivity index (χ0v) is 15.3. The Kier molecular flexibility index (Phi) is 4.52. The summed E-state index contributed by atoms with van der Waals surface area (Å²) in [6.45, 7) is 0. The van der Waals surface area contributed by atoms with Crippen molar-refractivity contribution in [3.05, 3.63) is 66.4 Å². The Morgan fingerprint density at radius 2 is 1.56 bits per heavy atom. The fraction of sp³-hybridized carbons (Fsp3) is 0. The first-order valence-electron chi connectivity index (χ1n) is 7.42. The van der Waals surface area contributed by atoms with Crippen LogP contribution >= 0.6 is 34.9 Å². The predicted molar refractivity (Wildman–Crippen MR) is 102 cm³/mol. The van der Waals surface area contributed by atoms with E-state index >= 15 is 0 Å². The molecule has 0 amide bonds. The number of rotatable bonds is 5. The van der Waals surface area contributed by atoms with Crippen LogP contribution in [0.4, 0.5) is 0 Å². The molecule has 0 atom stereocenters. The van der Waals surface area contributed by atoms with Crippen molar-refractivity contribution in [3.63, 3.8) is 0 Å². The summed E-state index contributed by atoms with van der Waals surface area (Å²) in [6.07, 6.45) is 0. The molecule has 2 aromatic carbocycles. The Labute approximate surface area is 156 Å². The number of carboxylic acid groups (broad SMARTS) is 1. The van der Waals surface area contributed by atoms with Crippen molar-refractivity contribution in [2.75, 3.05) is 0 Å². The minimum atomic E-state index is -0.971. The molecule has 0 unspecified atom stereocenters. The van der Waals surface area contributed by atoms with E-state index in [-0.39, 0.29) is 5.69 Å². The van der Waals surface area contributed by atoms with Crippen LogP contribution in [0.5, 0.6) is 0 Å². The molecule has 0 spiro atoms. The van der Waals surface area contributed by atoms with Gasteiger partial charge in [0.15, 0.2) is 4.34 Å². The molecule has 7 heteroatoms. The van der Waals surface area contributed by atoms with Gasteiger partial charge >= 0.3 is 5.97 Å². The van der Waals surface area contributed by atoms with Crippen LogP contribution in [-0.4, -0.2) is 21.0 Å². The van der Waals surface area contributed by atoms with Crippen LogP contribution in [-0.2, 0) is 0 Å². The largest absolute Gasteiger partial charge is 0.477 e. The van der Waals surface area contributed by atoms with Gasteiger partial charge in [0.1, 0.15) is 16.0 Å². The molecule has 0 aliphatic heterocycles. The van der Waals surface area contributed by atoms with Crippen LogP contribution in [0.2, 0.25) is 0 Å². The third-order valence-electron chi connectivity index (χ3n) is 3.41. The third kappa shape index (κ3) is 3.44. The fourth-order valence-electron chi connectivity index (χ4n) is 2.32. The molecule has 0 radical (unpaired) electrons. The molecule has 0 bridgehead atoms. The number of carboxylic acids is 1. The van der Waals surface area contributed by atoms with E-state index in [1.807, 2.05) is 60.7 Å². The zero-order valence-electron chi connectivity index (χ0n) is 12.8. The summed E-state index contributed by atoms with van der Waals surface area (Å²) in [6, 6.07) is 19.7. The summed E-state index contributed by atoms with van der Waals surface area (Å²) in [5.41, 5.74) is 0.911. The minimum absolute atomic E-state index is 0.193. The van der Waals surface area contributed by atoms with Gasteiger partial charge in [0.25, 0.3) is 0 Å². The van der Waals surface area contributed by atoms with E-state index in [4.69, 9.17) is 0 Å². The minimum Gasteiger partial charge on any atom is -0.477 e. The van der Waals surface area contributed by atoms with Crippen molar-refractivity contribution in [2.24, 2.45) is 0 Å². The molecule has 2 aromatic heterocycles. The number of carbonyl (C=O) groups is 1. The molecule has 4 rings (SSSR count). The lowest BCUT2D eigenvalue weighted by atomic mass is 10.4. The second-order valence-electron chi connectivity index (χ2n) is 5.12. The van der Waals surface area contributed by atoms with Gasteiger partial charge in [-0.3, -0.25) is 0 Å². The van der Waals surface area contributed by atoms with E-state index in [1.165, 1.54) is 23.1 Å². The number of hydrogen-bond acceptors (Lipinski definition) is 5. The molecule has 0 aliphatic carbocycles. The molecule has 124 valence electrons. The van der Waals surface area contributed by atoms with E-state index < -0.39 is 5.97 Å². The van der Waals surface area contributed by atoms with E-state index in [9.17, 15) is 9.90 Å². The average Bonchev–Trinajstić information content (AvgIpc) is 3.15. The van der Waals surface area contributed by atoms with E-state index in [2.05, 4.69) is 9.97 Å². The Morgan fingerprint density at radius 3 is 2.16 bits per heavy atom. The van der Waals surface area contributed by atoms with Crippen LogP contribution in [0.1, 0.15) is 10.5 Å². The van der Waals surface area contributed by atoms with Crippen LogP contribution in [0, 0.1) is 0 Å². The Bertz CT molecular complexity index is 1030. The predicted octanol–water partition coefficient (Wildman–Crippen LogP) is 5.63. The first-order chi connectivity index (χ1) is 12.2. The number of aromatic carboxylic acids is 1. The number of aromatic amines is 1. The van der Waals surface area contributed by atoms with Crippen molar-refractivity contribution in [3.8, 4) is 0 Å². The Hall–Kier alpha value is -2.22. The first-order valence-corrected chi connectivity index (χ1v) is 9.87. The smallest absolute Gasteiger partial charge is 0.353 e. The highest BCUT2D eigenvalue weighted by Crippen LogP contribution is 2.41. The van der Waals surface area contributed by atoms with Gasteiger partial charge in [0.2, 0.25) is 0 Å². The number of aromatic nitrogens is 2. The standard InChI is InChI=1S/C18H12N2O2S3/c21-17(22)14-15(23-11-7-3-1-4-8-11)13-16(19-14)25-18(20-13)24-12-9-5-2-6-10-12/h1-10,19H,(H,21,22). The highest BCUT2D eigenvalue weighted by molar-refractivity contribution is 8.01. The quantitative estimate of drug-likeness (QED) is 0.467. The van der Waals surface area contributed by atoms with Crippen LogP contribution in [0.3, 0.4) is 0 Å². The summed E-state index contributed by atoms with van der Waals surface area (Å²) in [5, 5.41) is 9.49. The summed E-state index contributed by atoms with van der Waals surface area (Å²) < 4.78 is 0.888. The maximum Gasteiger partial charge on any atom is 0.353 e. The number of nitrogens with one attached hydrogen (secondary N) is 1. The second kappa shape index (κ2) is 6.95. The highest BCUT2D eigenvalue weighted by Gasteiger charge is 2.22. The maximum absolute atomic E-state index is 11.6. The van der Waals surface area contributed by atoms with Crippen LogP contribution in [0.15, 0.2) is 79.7 Å². The molecule has 4 nitrogen and oxygen atoms in total. The summed E-state index contributed by atoms with van der Waals surface area (Å²) >= 11 is 4.47. The van der Waals surface area contributed by atoms with Gasteiger partial charge in [0, 0.05) is 9.79 Å². The molecule has 0 saturated carbocycles. The van der Waals surface area contributed by atoms with E-state index in [0.29, 0.717) is 4.90 Å². The second-order valence-corrected chi connectivity index (χ2v) is 8.53. The van der Waals surface area contributed by atoms with Crippen molar-refractivity contribution in [2.45, 2.75) is 19.0 Å². The lowest BCUT2D eigenvalue weighted by Gasteiger charge is -2.01. The van der Waals surface area contributed by atoms with E-state index in [1.54, 1.807) is 11.8 Å². The van der Waals surface area contributed by atoms with Gasteiger partial charge in [0.05, 0.1) is 4.90 Å². The molecule has 0 aliphatic rings. The molecular formula is C18H12N2O2S3. The zero-order chi connectivity index (χ0) is 17.2. The lowest BCUT2D eigenvalue weighted by Crippen LogP contribution is -1.98. The van der Waals surface area contributed by atoms with Crippen LogP contribution < -0.4 is 0 Å².